The SMILES string of the molecule is CC(C)c1cnnc(C2CC2CC(C)c2cnnc(C(C)(C)F)c2)c1. The highest BCUT2D eigenvalue weighted by Gasteiger charge is 2.40. The van der Waals surface area contributed by atoms with Crippen LogP contribution in [-0.4, -0.2) is 20.4 Å². The summed E-state index contributed by atoms with van der Waals surface area (Å²) in [4.78, 5) is 0. The summed E-state index contributed by atoms with van der Waals surface area (Å²) >= 11 is 0. The minimum Gasteiger partial charge on any atom is -0.238 e. The number of nitrogens with zero attached hydrogens (tertiary/aromatic N) is 4. The monoisotopic (exact) mass is 342 g/mol. The number of hydrogen-bond donors (Lipinski definition) is 0. The minimum atomic E-state index is -1.46. The van der Waals surface area contributed by atoms with Gasteiger partial charge in [0.2, 0.25) is 0 Å². The van der Waals surface area contributed by atoms with Gasteiger partial charge in [-0.05, 0) is 67.7 Å². The van der Waals surface area contributed by atoms with Crippen LogP contribution in [-0.2, 0) is 5.67 Å². The molecule has 2 aromatic heterocycles. The Bertz CT molecular complexity index is 738. The molecule has 0 bridgehead atoms. The van der Waals surface area contributed by atoms with Crippen molar-refractivity contribution in [2.75, 3.05) is 0 Å². The lowest BCUT2D eigenvalue weighted by molar-refractivity contribution is 0.212. The van der Waals surface area contributed by atoms with Gasteiger partial charge < -0.3 is 0 Å². The Morgan fingerprint density at radius 1 is 1.08 bits per heavy atom. The third-order valence-corrected chi connectivity index (χ3v) is 5.17. The van der Waals surface area contributed by atoms with Gasteiger partial charge in [-0.15, -0.1) is 0 Å². The standard InChI is InChI=1S/C20H27FN4/c1-12(2)15-8-18(24-22-10-15)17-7-14(17)6-13(3)16-9-19(20(4,5)21)25-23-11-16/h8-14,17H,6-7H2,1-5H3. The van der Waals surface area contributed by atoms with Gasteiger partial charge in [-0.2, -0.15) is 20.4 Å². The van der Waals surface area contributed by atoms with E-state index in [1.54, 1.807) is 6.20 Å². The molecule has 3 rings (SSSR count). The van der Waals surface area contributed by atoms with Crippen molar-refractivity contribution in [1.82, 2.24) is 20.4 Å². The largest absolute Gasteiger partial charge is 0.238 e. The van der Waals surface area contributed by atoms with E-state index in [4.69, 9.17) is 0 Å². The molecule has 0 radical (unpaired) electrons. The first-order chi connectivity index (χ1) is 11.8. The zero-order chi connectivity index (χ0) is 18.2. The Morgan fingerprint density at radius 2 is 1.76 bits per heavy atom. The Hall–Kier alpha value is -1.91. The predicted octanol–water partition coefficient (Wildman–Crippen LogP) is 4.89. The number of rotatable bonds is 6. The first-order valence-electron chi connectivity index (χ1n) is 9.10. The first kappa shape index (κ1) is 17.9. The Kier molecular flexibility index (Phi) is 4.85. The fourth-order valence-corrected chi connectivity index (χ4v) is 3.30. The summed E-state index contributed by atoms with van der Waals surface area (Å²) in [5.41, 5.74) is 2.36. The van der Waals surface area contributed by atoms with E-state index in [1.807, 2.05) is 12.3 Å². The van der Waals surface area contributed by atoms with Crippen molar-refractivity contribution in [2.24, 2.45) is 5.92 Å². The first-order valence-corrected chi connectivity index (χ1v) is 9.10. The Labute approximate surface area is 149 Å². The minimum absolute atomic E-state index is 0.327. The topological polar surface area (TPSA) is 51.6 Å². The number of hydrogen-bond acceptors (Lipinski definition) is 4. The third-order valence-electron chi connectivity index (χ3n) is 5.17. The quantitative estimate of drug-likeness (QED) is 0.750. The van der Waals surface area contributed by atoms with Crippen molar-refractivity contribution in [2.45, 2.75) is 70.9 Å². The highest BCUT2D eigenvalue weighted by molar-refractivity contribution is 5.25. The maximum absolute atomic E-state index is 14.1. The van der Waals surface area contributed by atoms with Gasteiger partial charge in [0.1, 0.15) is 5.67 Å². The summed E-state index contributed by atoms with van der Waals surface area (Å²) in [6.45, 7) is 9.56. The summed E-state index contributed by atoms with van der Waals surface area (Å²) in [6.07, 6.45) is 5.82. The van der Waals surface area contributed by atoms with Crippen LogP contribution in [0.3, 0.4) is 0 Å². The fourth-order valence-electron chi connectivity index (χ4n) is 3.30. The number of halogens is 1. The molecule has 1 aliphatic carbocycles. The molecule has 0 saturated heterocycles. The molecule has 134 valence electrons. The molecule has 1 saturated carbocycles. The molecule has 5 heteroatoms. The van der Waals surface area contributed by atoms with Crippen LogP contribution in [0.25, 0.3) is 0 Å². The summed E-state index contributed by atoms with van der Waals surface area (Å²) in [5, 5.41) is 16.4. The van der Waals surface area contributed by atoms with Gasteiger partial charge in [0.15, 0.2) is 0 Å². The van der Waals surface area contributed by atoms with Crippen molar-refractivity contribution in [3.63, 3.8) is 0 Å². The van der Waals surface area contributed by atoms with Gasteiger partial charge in [-0.1, -0.05) is 20.8 Å². The molecule has 25 heavy (non-hydrogen) atoms. The Morgan fingerprint density at radius 3 is 2.44 bits per heavy atom. The van der Waals surface area contributed by atoms with Crippen LogP contribution in [0.1, 0.15) is 87.7 Å². The molecule has 2 heterocycles. The second-order valence-corrected chi connectivity index (χ2v) is 8.15. The van der Waals surface area contributed by atoms with Crippen molar-refractivity contribution >= 4 is 0 Å². The number of aromatic nitrogens is 4. The summed E-state index contributed by atoms with van der Waals surface area (Å²) in [6, 6.07) is 4.05. The number of alkyl halides is 1. The molecule has 0 aliphatic heterocycles. The van der Waals surface area contributed by atoms with E-state index in [0.717, 1.165) is 24.1 Å². The van der Waals surface area contributed by atoms with Crippen LogP contribution >= 0.6 is 0 Å². The summed E-state index contributed by atoms with van der Waals surface area (Å²) in [7, 11) is 0. The molecular formula is C20H27FN4. The molecule has 3 atom stereocenters. The van der Waals surface area contributed by atoms with Crippen molar-refractivity contribution in [3.05, 3.63) is 47.0 Å². The normalized spacial score (nSPS) is 21.4. The van der Waals surface area contributed by atoms with Gasteiger partial charge >= 0.3 is 0 Å². The smallest absolute Gasteiger partial charge is 0.149 e. The predicted molar refractivity (Wildman–Crippen MR) is 96.2 cm³/mol. The zero-order valence-electron chi connectivity index (χ0n) is 15.7. The maximum atomic E-state index is 14.1. The van der Waals surface area contributed by atoms with E-state index >= 15 is 0 Å². The molecule has 1 fully saturated rings. The molecule has 0 N–H and O–H groups in total. The van der Waals surface area contributed by atoms with E-state index in [2.05, 4.69) is 47.2 Å². The van der Waals surface area contributed by atoms with Gasteiger partial charge in [-0.3, -0.25) is 0 Å². The van der Waals surface area contributed by atoms with E-state index < -0.39 is 5.67 Å². The van der Waals surface area contributed by atoms with Gasteiger partial charge in [-0.25, -0.2) is 4.39 Å². The van der Waals surface area contributed by atoms with Crippen molar-refractivity contribution < 1.29 is 4.39 Å². The second kappa shape index (κ2) is 6.77. The molecule has 2 aromatic rings. The zero-order valence-corrected chi connectivity index (χ0v) is 15.7. The fraction of sp³-hybridized carbons (Fsp3) is 0.600. The van der Waals surface area contributed by atoms with Crippen molar-refractivity contribution in [3.8, 4) is 0 Å². The van der Waals surface area contributed by atoms with Crippen LogP contribution in [0.15, 0.2) is 24.5 Å². The van der Waals surface area contributed by atoms with E-state index in [-0.39, 0.29) is 0 Å². The van der Waals surface area contributed by atoms with Crippen LogP contribution < -0.4 is 0 Å². The average Bonchev–Trinajstić information content (AvgIpc) is 3.33. The molecule has 0 amide bonds. The van der Waals surface area contributed by atoms with E-state index in [9.17, 15) is 4.39 Å². The van der Waals surface area contributed by atoms with Gasteiger partial charge in [0, 0.05) is 5.92 Å². The van der Waals surface area contributed by atoms with Gasteiger partial charge in [0.25, 0.3) is 0 Å². The molecule has 3 unspecified atom stereocenters. The second-order valence-electron chi connectivity index (χ2n) is 8.15. The molecule has 0 aromatic carbocycles. The van der Waals surface area contributed by atoms with Crippen LogP contribution in [0, 0.1) is 5.92 Å². The van der Waals surface area contributed by atoms with Crippen LogP contribution in [0.4, 0.5) is 4.39 Å². The molecular weight excluding hydrogens is 315 g/mol. The third kappa shape index (κ3) is 4.20. The molecule has 4 nitrogen and oxygen atoms in total. The maximum Gasteiger partial charge on any atom is 0.149 e. The van der Waals surface area contributed by atoms with Crippen molar-refractivity contribution in [1.29, 1.82) is 0 Å². The lowest BCUT2D eigenvalue weighted by Crippen LogP contribution is -2.13. The van der Waals surface area contributed by atoms with Crippen LogP contribution in [0.2, 0.25) is 0 Å². The highest BCUT2D eigenvalue weighted by atomic mass is 19.1. The van der Waals surface area contributed by atoms with E-state index in [1.165, 1.54) is 19.4 Å². The lowest BCUT2D eigenvalue weighted by atomic mass is 9.94. The summed E-state index contributed by atoms with van der Waals surface area (Å²) in [5.74, 6) is 1.91. The average molecular weight is 342 g/mol. The Balaban J connectivity index is 1.66. The lowest BCUT2D eigenvalue weighted by Gasteiger charge is -2.16. The van der Waals surface area contributed by atoms with E-state index in [0.29, 0.717) is 29.4 Å². The highest BCUT2D eigenvalue weighted by Crippen LogP contribution is 2.51. The van der Waals surface area contributed by atoms with Gasteiger partial charge in [0.05, 0.1) is 23.8 Å². The molecule has 0 spiro atoms. The summed E-state index contributed by atoms with van der Waals surface area (Å²) < 4.78 is 14.1. The molecule has 1 aliphatic rings. The van der Waals surface area contributed by atoms with Crippen LogP contribution in [0.5, 0.6) is 0 Å².